The molecule has 0 atom stereocenters. The number of fused-ring (bicyclic) bond motifs is 1. The molecule has 29 heavy (non-hydrogen) atoms. The lowest BCUT2D eigenvalue weighted by Crippen LogP contribution is -1.91. The van der Waals surface area contributed by atoms with Crippen LogP contribution in [0.15, 0.2) is 103 Å². The molecule has 0 unspecified atom stereocenters. The van der Waals surface area contributed by atoms with Crippen molar-refractivity contribution in [2.24, 2.45) is 0 Å². The maximum atomic E-state index is 6.56. The summed E-state index contributed by atoms with van der Waals surface area (Å²) in [5.41, 5.74) is 5.10. The van der Waals surface area contributed by atoms with Crippen LogP contribution in [-0.4, -0.2) is 9.97 Å². The molecule has 0 aliphatic heterocycles. The number of rotatable bonds is 3. The van der Waals surface area contributed by atoms with Gasteiger partial charge in [0.1, 0.15) is 0 Å². The summed E-state index contributed by atoms with van der Waals surface area (Å²) in [5, 5.41) is 3.09. The fraction of sp³-hybridized carbons (Fsp3) is 0. The summed E-state index contributed by atoms with van der Waals surface area (Å²) in [4.78, 5) is 9.16. The lowest BCUT2D eigenvalue weighted by atomic mass is 9.97. The van der Waals surface area contributed by atoms with Crippen molar-refractivity contribution in [2.75, 3.05) is 0 Å². The molecule has 138 valence electrons. The molecule has 4 aromatic carbocycles. The molecule has 3 heteroatoms. The monoisotopic (exact) mass is 392 g/mol. The minimum atomic E-state index is 0.726. The topological polar surface area (TPSA) is 25.8 Å². The lowest BCUT2D eigenvalue weighted by Gasteiger charge is -2.10. The number of aromatic nitrogens is 2. The third-order valence-electron chi connectivity index (χ3n) is 5.04. The Morgan fingerprint density at radius 3 is 2.14 bits per heavy atom. The van der Waals surface area contributed by atoms with E-state index in [4.69, 9.17) is 16.6 Å². The quantitative estimate of drug-likeness (QED) is 0.322. The summed E-state index contributed by atoms with van der Waals surface area (Å²) in [5.74, 6) is 0.726. The molecule has 2 nitrogen and oxygen atoms in total. The van der Waals surface area contributed by atoms with Gasteiger partial charge in [0.2, 0.25) is 0 Å². The van der Waals surface area contributed by atoms with E-state index < -0.39 is 0 Å². The second-order valence-corrected chi connectivity index (χ2v) is 7.26. The van der Waals surface area contributed by atoms with Crippen LogP contribution in [0.25, 0.3) is 44.5 Å². The van der Waals surface area contributed by atoms with E-state index in [1.54, 1.807) is 6.20 Å². The summed E-state index contributed by atoms with van der Waals surface area (Å²) >= 11 is 6.56. The Balaban J connectivity index is 1.55. The van der Waals surface area contributed by atoms with Gasteiger partial charge < -0.3 is 0 Å². The third kappa shape index (κ3) is 3.39. The van der Waals surface area contributed by atoms with Gasteiger partial charge in [-0.1, -0.05) is 96.5 Å². The molecule has 1 aromatic heterocycles. The summed E-state index contributed by atoms with van der Waals surface area (Å²) in [6.45, 7) is 0. The Morgan fingerprint density at radius 1 is 0.586 bits per heavy atom. The van der Waals surface area contributed by atoms with Crippen molar-refractivity contribution < 1.29 is 0 Å². The fourth-order valence-electron chi connectivity index (χ4n) is 3.59. The number of benzene rings is 4. The molecule has 0 amide bonds. The first kappa shape index (κ1) is 17.6. The Bertz CT molecular complexity index is 1300. The molecule has 0 aliphatic carbocycles. The number of hydrogen-bond donors (Lipinski definition) is 0. The second-order valence-electron chi connectivity index (χ2n) is 6.85. The highest BCUT2D eigenvalue weighted by Gasteiger charge is 2.10. The van der Waals surface area contributed by atoms with Gasteiger partial charge in [-0.25, -0.2) is 9.97 Å². The van der Waals surface area contributed by atoms with Crippen LogP contribution in [0.5, 0.6) is 0 Å². The maximum Gasteiger partial charge on any atom is 0.159 e. The van der Waals surface area contributed by atoms with E-state index in [1.165, 1.54) is 5.39 Å². The van der Waals surface area contributed by atoms with Crippen LogP contribution in [0.4, 0.5) is 0 Å². The first-order valence-electron chi connectivity index (χ1n) is 9.46. The minimum Gasteiger partial charge on any atom is -0.237 e. The van der Waals surface area contributed by atoms with E-state index in [0.29, 0.717) is 0 Å². The van der Waals surface area contributed by atoms with Crippen molar-refractivity contribution in [1.82, 2.24) is 9.97 Å². The normalized spacial score (nSPS) is 10.9. The van der Waals surface area contributed by atoms with Crippen molar-refractivity contribution in [3.05, 3.63) is 108 Å². The van der Waals surface area contributed by atoms with Crippen molar-refractivity contribution in [3.63, 3.8) is 0 Å². The van der Waals surface area contributed by atoms with Gasteiger partial charge in [0.05, 0.1) is 5.69 Å². The van der Waals surface area contributed by atoms with Gasteiger partial charge in [0, 0.05) is 27.9 Å². The van der Waals surface area contributed by atoms with E-state index in [-0.39, 0.29) is 0 Å². The average Bonchev–Trinajstić information content (AvgIpc) is 2.80. The van der Waals surface area contributed by atoms with Crippen molar-refractivity contribution >= 4 is 22.4 Å². The first-order chi connectivity index (χ1) is 14.3. The van der Waals surface area contributed by atoms with Crippen LogP contribution in [0.2, 0.25) is 5.02 Å². The Labute approximate surface area is 174 Å². The molecule has 0 radical (unpaired) electrons. The molecule has 0 spiro atoms. The molecule has 5 rings (SSSR count). The lowest BCUT2D eigenvalue weighted by molar-refractivity contribution is 1.18. The van der Waals surface area contributed by atoms with Gasteiger partial charge in [0.15, 0.2) is 5.82 Å². The predicted molar refractivity (Wildman–Crippen MR) is 121 cm³/mol. The molecule has 0 N–H and O–H groups in total. The van der Waals surface area contributed by atoms with E-state index >= 15 is 0 Å². The average molecular weight is 393 g/mol. The largest absolute Gasteiger partial charge is 0.237 e. The molecule has 1 heterocycles. The van der Waals surface area contributed by atoms with Crippen LogP contribution < -0.4 is 0 Å². The van der Waals surface area contributed by atoms with E-state index in [9.17, 15) is 0 Å². The van der Waals surface area contributed by atoms with Crippen LogP contribution in [0.3, 0.4) is 0 Å². The number of halogens is 1. The zero-order valence-corrected chi connectivity index (χ0v) is 16.3. The number of hydrogen-bond acceptors (Lipinski definition) is 2. The Hall–Kier alpha value is -3.49. The van der Waals surface area contributed by atoms with Crippen molar-refractivity contribution in [1.29, 1.82) is 0 Å². The summed E-state index contributed by atoms with van der Waals surface area (Å²) < 4.78 is 0. The fourth-order valence-corrected chi connectivity index (χ4v) is 3.87. The van der Waals surface area contributed by atoms with Crippen LogP contribution in [-0.2, 0) is 0 Å². The van der Waals surface area contributed by atoms with Crippen LogP contribution >= 0.6 is 11.6 Å². The Morgan fingerprint density at radius 2 is 1.31 bits per heavy atom. The first-order valence-corrected chi connectivity index (χ1v) is 9.84. The standard InChI is InChI=1S/C26H17ClN2/c27-23-15-14-18-6-4-5-9-22(18)25(23)20-12-10-19(11-13-20)24-16-17-28-26(29-24)21-7-2-1-3-8-21/h1-17H. The highest BCUT2D eigenvalue weighted by molar-refractivity contribution is 6.35. The van der Waals surface area contributed by atoms with Crippen molar-refractivity contribution in [3.8, 4) is 33.8 Å². The molecule has 5 aromatic rings. The van der Waals surface area contributed by atoms with Gasteiger partial charge in [-0.15, -0.1) is 0 Å². The SMILES string of the molecule is Clc1ccc2ccccc2c1-c1ccc(-c2ccnc(-c3ccccc3)n2)cc1. The highest BCUT2D eigenvalue weighted by Crippen LogP contribution is 2.36. The third-order valence-corrected chi connectivity index (χ3v) is 5.35. The predicted octanol–water partition coefficient (Wildman–Crippen LogP) is 7.28. The smallest absolute Gasteiger partial charge is 0.159 e. The molecule has 0 bridgehead atoms. The molecule has 0 aliphatic rings. The Kier molecular flexibility index (Phi) is 4.55. The van der Waals surface area contributed by atoms with Gasteiger partial charge in [0.25, 0.3) is 0 Å². The van der Waals surface area contributed by atoms with Gasteiger partial charge in [-0.3, -0.25) is 0 Å². The highest BCUT2D eigenvalue weighted by atomic mass is 35.5. The molecule has 0 saturated heterocycles. The minimum absolute atomic E-state index is 0.726. The maximum absolute atomic E-state index is 6.56. The van der Waals surface area contributed by atoms with E-state index in [0.717, 1.165) is 44.2 Å². The summed E-state index contributed by atoms with van der Waals surface area (Å²) in [6.07, 6.45) is 1.81. The van der Waals surface area contributed by atoms with Gasteiger partial charge >= 0.3 is 0 Å². The molecule has 0 saturated carbocycles. The van der Waals surface area contributed by atoms with Crippen LogP contribution in [0, 0.1) is 0 Å². The zero-order chi connectivity index (χ0) is 19.6. The molecular formula is C26H17ClN2. The van der Waals surface area contributed by atoms with Gasteiger partial charge in [-0.05, 0) is 28.5 Å². The van der Waals surface area contributed by atoms with E-state index in [1.807, 2.05) is 54.6 Å². The molecule has 0 fully saturated rings. The van der Waals surface area contributed by atoms with E-state index in [2.05, 4.69) is 47.4 Å². The second kappa shape index (κ2) is 7.50. The summed E-state index contributed by atoms with van der Waals surface area (Å²) in [7, 11) is 0. The van der Waals surface area contributed by atoms with Gasteiger partial charge in [-0.2, -0.15) is 0 Å². The van der Waals surface area contributed by atoms with Crippen molar-refractivity contribution in [2.45, 2.75) is 0 Å². The number of nitrogens with zero attached hydrogens (tertiary/aromatic N) is 2. The zero-order valence-electron chi connectivity index (χ0n) is 15.6. The molecular weight excluding hydrogens is 376 g/mol. The van der Waals surface area contributed by atoms with Crippen LogP contribution in [0.1, 0.15) is 0 Å². The summed E-state index contributed by atoms with van der Waals surface area (Å²) in [6, 6.07) is 32.7.